The highest BCUT2D eigenvalue weighted by Crippen LogP contribution is 2.27. The zero-order chi connectivity index (χ0) is 14.9. The van der Waals surface area contributed by atoms with Crippen molar-refractivity contribution in [3.8, 4) is 0 Å². The minimum atomic E-state index is -3.44. The Labute approximate surface area is 127 Å². The van der Waals surface area contributed by atoms with E-state index < -0.39 is 10.0 Å². The van der Waals surface area contributed by atoms with Crippen LogP contribution in [0.15, 0.2) is 34.0 Å². The van der Waals surface area contributed by atoms with Crippen LogP contribution < -0.4 is 0 Å². The van der Waals surface area contributed by atoms with E-state index in [1.807, 2.05) is 0 Å². The van der Waals surface area contributed by atoms with E-state index in [4.69, 9.17) is 4.74 Å². The summed E-state index contributed by atoms with van der Waals surface area (Å²) < 4.78 is 32.6. The van der Waals surface area contributed by atoms with E-state index >= 15 is 0 Å². The van der Waals surface area contributed by atoms with Gasteiger partial charge < -0.3 is 4.74 Å². The highest BCUT2D eigenvalue weighted by Gasteiger charge is 2.32. The van der Waals surface area contributed by atoms with Crippen molar-refractivity contribution in [1.82, 2.24) is 14.3 Å². The molecule has 0 bridgehead atoms. The standard InChI is InChI=1S/C13H15N3O3S2/c1-10-14-5-4-11(15-10)12-9-16(6-7-19-12)21(17,18)13-3-2-8-20-13/h2-5,8,12H,6-7,9H2,1H3. The maximum absolute atomic E-state index is 12.5. The summed E-state index contributed by atoms with van der Waals surface area (Å²) in [4.78, 5) is 8.37. The second-order valence-corrected chi connectivity index (χ2v) is 7.80. The topological polar surface area (TPSA) is 72.4 Å². The molecule has 1 fully saturated rings. The van der Waals surface area contributed by atoms with Gasteiger partial charge in [-0.05, 0) is 24.4 Å². The van der Waals surface area contributed by atoms with Crippen LogP contribution in [0.3, 0.4) is 0 Å². The maximum Gasteiger partial charge on any atom is 0.252 e. The minimum Gasteiger partial charge on any atom is -0.369 e. The molecule has 0 amide bonds. The highest BCUT2D eigenvalue weighted by molar-refractivity contribution is 7.91. The number of hydrogen-bond acceptors (Lipinski definition) is 6. The molecule has 0 saturated carbocycles. The smallest absolute Gasteiger partial charge is 0.252 e. The first-order valence-electron chi connectivity index (χ1n) is 6.52. The summed E-state index contributed by atoms with van der Waals surface area (Å²) in [7, 11) is -3.44. The summed E-state index contributed by atoms with van der Waals surface area (Å²) >= 11 is 1.23. The molecule has 1 saturated heterocycles. The van der Waals surface area contributed by atoms with Crippen LogP contribution in [0.5, 0.6) is 0 Å². The summed E-state index contributed by atoms with van der Waals surface area (Å²) in [6.07, 6.45) is 1.31. The van der Waals surface area contributed by atoms with Crippen LogP contribution in [0.4, 0.5) is 0 Å². The SMILES string of the molecule is Cc1nccc(C2CN(S(=O)(=O)c3cccs3)CCO2)n1. The summed E-state index contributed by atoms with van der Waals surface area (Å²) in [6, 6.07) is 5.13. The van der Waals surface area contributed by atoms with E-state index in [2.05, 4.69) is 9.97 Å². The van der Waals surface area contributed by atoms with Gasteiger partial charge in [-0.2, -0.15) is 4.31 Å². The number of nitrogens with zero attached hydrogens (tertiary/aromatic N) is 3. The molecule has 0 aliphatic carbocycles. The molecule has 0 radical (unpaired) electrons. The average molecular weight is 325 g/mol. The van der Waals surface area contributed by atoms with Gasteiger partial charge in [0.05, 0.1) is 12.3 Å². The van der Waals surface area contributed by atoms with Crippen molar-refractivity contribution in [3.63, 3.8) is 0 Å². The van der Waals surface area contributed by atoms with Crippen LogP contribution in [0, 0.1) is 6.92 Å². The number of sulfonamides is 1. The number of aryl methyl sites for hydroxylation is 1. The monoisotopic (exact) mass is 325 g/mol. The summed E-state index contributed by atoms with van der Waals surface area (Å²) in [5.41, 5.74) is 0.716. The molecule has 112 valence electrons. The molecule has 1 aliphatic heterocycles. The van der Waals surface area contributed by atoms with E-state index in [0.29, 0.717) is 28.9 Å². The third-order valence-corrected chi connectivity index (χ3v) is 6.48. The van der Waals surface area contributed by atoms with Crippen molar-refractivity contribution < 1.29 is 13.2 Å². The first-order chi connectivity index (χ1) is 10.1. The van der Waals surface area contributed by atoms with Gasteiger partial charge in [-0.1, -0.05) is 6.07 Å². The Bertz CT molecular complexity index is 716. The Morgan fingerprint density at radius 3 is 3.00 bits per heavy atom. The predicted octanol–water partition coefficient (Wildman–Crippen LogP) is 1.61. The predicted molar refractivity (Wildman–Crippen MR) is 78.5 cm³/mol. The molecule has 3 rings (SSSR count). The summed E-state index contributed by atoms with van der Waals surface area (Å²) in [5.74, 6) is 0.648. The van der Waals surface area contributed by atoms with Gasteiger partial charge in [-0.15, -0.1) is 11.3 Å². The van der Waals surface area contributed by atoms with Crippen LogP contribution in [0.2, 0.25) is 0 Å². The molecular weight excluding hydrogens is 310 g/mol. The van der Waals surface area contributed by atoms with Gasteiger partial charge in [-0.25, -0.2) is 18.4 Å². The Hall–Kier alpha value is -1.35. The van der Waals surface area contributed by atoms with Gasteiger partial charge in [0.25, 0.3) is 10.0 Å². The lowest BCUT2D eigenvalue weighted by atomic mass is 10.2. The van der Waals surface area contributed by atoms with Gasteiger partial charge in [0.1, 0.15) is 16.1 Å². The molecule has 0 aromatic carbocycles. The fraction of sp³-hybridized carbons (Fsp3) is 0.385. The number of aromatic nitrogens is 2. The van der Waals surface area contributed by atoms with Gasteiger partial charge >= 0.3 is 0 Å². The number of rotatable bonds is 3. The quantitative estimate of drug-likeness (QED) is 0.857. The third-order valence-electron chi connectivity index (χ3n) is 3.25. The highest BCUT2D eigenvalue weighted by atomic mass is 32.2. The largest absolute Gasteiger partial charge is 0.369 e. The summed E-state index contributed by atoms with van der Waals surface area (Å²) in [5, 5.41) is 1.76. The van der Waals surface area contributed by atoms with Crippen LogP contribution in [-0.2, 0) is 14.8 Å². The van der Waals surface area contributed by atoms with Gasteiger partial charge in [0.15, 0.2) is 0 Å². The van der Waals surface area contributed by atoms with Crippen LogP contribution in [0.25, 0.3) is 0 Å². The first-order valence-corrected chi connectivity index (χ1v) is 8.84. The molecule has 1 atom stereocenters. The third kappa shape index (κ3) is 2.98. The Kier molecular flexibility index (Phi) is 4.03. The van der Waals surface area contributed by atoms with E-state index in [0.717, 1.165) is 0 Å². The molecule has 0 spiro atoms. The molecule has 1 aliphatic rings. The zero-order valence-electron chi connectivity index (χ0n) is 11.5. The van der Waals surface area contributed by atoms with Crippen molar-refractivity contribution >= 4 is 21.4 Å². The van der Waals surface area contributed by atoms with Gasteiger partial charge in [-0.3, -0.25) is 0 Å². The van der Waals surface area contributed by atoms with E-state index in [-0.39, 0.29) is 12.6 Å². The molecule has 6 nitrogen and oxygen atoms in total. The Morgan fingerprint density at radius 2 is 2.29 bits per heavy atom. The molecule has 3 heterocycles. The lowest BCUT2D eigenvalue weighted by Crippen LogP contribution is -2.42. The lowest BCUT2D eigenvalue weighted by Gasteiger charge is -2.31. The maximum atomic E-state index is 12.5. The second kappa shape index (κ2) is 5.80. The molecule has 8 heteroatoms. The normalized spacial score (nSPS) is 20.5. The van der Waals surface area contributed by atoms with Crippen LogP contribution in [0.1, 0.15) is 17.6 Å². The number of thiophene rings is 1. The fourth-order valence-electron chi connectivity index (χ4n) is 2.21. The number of hydrogen-bond donors (Lipinski definition) is 0. The molecule has 1 unspecified atom stereocenters. The summed E-state index contributed by atoms with van der Waals surface area (Å²) in [6.45, 7) is 2.79. The van der Waals surface area contributed by atoms with Crippen molar-refractivity contribution in [2.24, 2.45) is 0 Å². The van der Waals surface area contributed by atoms with Crippen molar-refractivity contribution in [2.75, 3.05) is 19.7 Å². The Balaban J connectivity index is 1.83. The molecule has 21 heavy (non-hydrogen) atoms. The minimum absolute atomic E-state index is 0.274. The van der Waals surface area contributed by atoms with Gasteiger partial charge in [0.2, 0.25) is 0 Å². The molecule has 2 aromatic heterocycles. The van der Waals surface area contributed by atoms with Gasteiger partial charge in [0, 0.05) is 19.3 Å². The van der Waals surface area contributed by atoms with Crippen molar-refractivity contribution in [3.05, 3.63) is 41.3 Å². The molecule has 0 N–H and O–H groups in total. The van der Waals surface area contributed by atoms with E-state index in [1.54, 1.807) is 36.7 Å². The number of ether oxygens (including phenoxy) is 1. The average Bonchev–Trinajstić information content (AvgIpc) is 3.02. The van der Waals surface area contributed by atoms with E-state index in [9.17, 15) is 8.42 Å². The number of morpholine rings is 1. The Morgan fingerprint density at radius 1 is 1.43 bits per heavy atom. The molecule has 2 aromatic rings. The first kappa shape index (κ1) is 14.6. The molecular formula is C13H15N3O3S2. The van der Waals surface area contributed by atoms with E-state index in [1.165, 1.54) is 15.6 Å². The van der Waals surface area contributed by atoms with Crippen LogP contribution >= 0.6 is 11.3 Å². The zero-order valence-corrected chi connectivity index (χ0v) is 13.1. The van der Waals surface area contributed by atoms with Crippen molar-refractivity contribution in [2.45, 2.75) is 17.2 Å². The second-order valence-electron chi connectivity index (χ2n) is 4.68. The van der Waals surface area contributed by atoms with Crippen molar-refractivity contribution in [1.29, 1.82) is 0 Å². The van der Waals surface area contributed by atoms with Crippen LogP contribution in [-0.4, -0.2) is 42.4 Å². The lowest BCUT2D eigenvalue weighted by molar-refractivity contribution is -0.00503. The fourth-order valence-corrected chi connectivity index (χ4v) is 4.78.